The Morgan fingerprint density at radius 1 is 1.26 bits per heavy atom. The molecule has 4 rings (SSSR count). The normalized spacial score (nSPS) is 22.8. The van der Waals surface area contributed by atoms with Crippen molar-refractivity contribution in [1.29, 1.82) is 0 Å². The summed E-state index contributed by atoms with van der Waals surface area (Å²) in [7, 11) is 0. The van der Waals surface area contributed by atoms with Crippen LogP contribution in [0.4, 0.5) is 0 Å². The Hall–Kier alpha value is -2.67. The molecule has 142 valence electrons. The molecule has 0 unspecified atom stereocenters. The molecule has 0 spiro atoms. The number of carbonyl (C=O) groups is 2. The van der Waals surface area contributed by atoms with Crippen LogP contribution in [0.25, 0.3) is 0 Å². The van der Waals surface area contributed by atoms with Crippen molar-refractivity contribution in [3.63, 3.8) is 0 Å². The van der Waals surface area contributed by atoms with E-state index < -0.39 is 11.9 Å². The lowest BCUT2D eigenvalue weighted by Crippen LogP contribution is -2.53. The second-order valence-electron chi connectivity index (χ2n) is 7.06. The SMILES string of the molecule is O=C(N[C@H]1COCC[C@H]2CCCN2C1=O)c1cc(Cc2ccccc2)on1. The number of nitrogens with zero attached hydrogens (tertiary/aromatic N) is 2. The number of amides is 2. The molecule has 0 radical (unpaired) electrons. The Morgan fingerprint density at radius 3 is 2.96 bits per heavy atom. The summed E-state index contributed by atoms with van der Waals surface area (Å²) in [6, 6.07) is 11.0. The number of hydrogen-bond acceptors (Lipinski definition) is 5. The van der Waals surface area contributed by atoms with Gasteiger partial charge < -0.3 is 19.5 Å². The smallest absolute Gasteiger partial charge is 0.274 e. The van der Waals surface area contributed by atoms with Crippen LogP contribution in [0.15, 0.2) is 40.9 Å². The van der Waals surface area contributed by atoms with Crippen molar-refractivity contribution < 1.29 is 18.8 Å². The monoisotopic (exact) mass is 369 g/mol. The number of rotatable bonds is 4. The lowest BCUT2D eigenvalue weighted by molar-refractivity contribution is -0.137. The summed E-state index contributed by atoms with van der Waals surface area (Å²) in [5, 5.41) is 6.62. The molecular formula is C20H23N3O4. The Bertz CT molecular complexity index is 805. The average Bonchev–Trinajstić information content (AvgIpc) is 3.32. The van der Waals surface area contributed by atoms with Gasteiger partial charge in [-0.2, -0.15) is 0 Å². The molecule has 1 N–H and O–H groups in total. The van der Waals surface area contributed by atoms with Gasteiger partial charge in [0.15, 0.2) is 5.69 Å². The standard InChI is InChI=1S/C20H23N3O4/c24-19(17-12-16(27-22-17)11-14-5-2-1-3-6-14)21-18-13-26-10-8-15-7-4-9-23(15)20(18)25/h1-3,5-6,12,15,18H,4,7-11,13H2,(H,21,24)/t15-,18+/m1/s1. The van der Waals surface area contributed by atoms with Gasteiger partial charge in [-0.05, 0) is 24.8 Å². The van der Waals surface area contributed by atoms with Gasteiger partial charge in [0.2, 0.25) is 5.91 Å². The Morgan fingerprint density at radius 2 is 2.11 bits per heavy atom. The van der Waals surface area contributed by atoms with Gasteiger partial charge in [-0.15, -0.1) is 0 Å². The zero-order chi connectivity index (χ0) is 18.6. The van der Waals surface area contributed by atoms with E-state index in [0.717, 1.165) is 31.4 Å². The second kappa shape index (κ2) is 7.92. The topological polar surface area (TPSA) is 84.7 Å². The molecule has 0 saturated carbocycles. The Labute approximate surface area is 157 Å². The van der Waals surface area contributed by atoms with Crippen LogP contribution in [-0.4, -0.2) is 53.7 Å². The molecule has 1 aromatic carbocycles. The van der Waals surface area contributed by atoms with Crippen LogP contribution in [-0.2, 0) is 16.0 Å². The molecule has 27 heavy (non-hydrogen) atoms. The third-order valence-corrected chi connectivity index (χ3v) is 5.16. The van der Waals surface area contributed by atoms with Crippen molar-refractivity contribution in [2.45, 2.75) is 37.8 Å². The van der Waals surface area contributed by atoms with E-state index in [-0.39, 0.29) is 24.2 Å². The molecule has 2 aromatic rings. The Kier molecular flexibility index (Phi) is 5.20. The van der Waals surface area contributed by atoms with Crippen molar-refractivity contribution in [3.05, 3.63) is 53.4 Å². The Balaban J connectivity index is 1.41. The largest absolute Gasteiger partial charge is 0.379 e. The summed E-state index contributed by atoms with van der Waals surface area (Å²) in [6.45, 7) is 1.54. The summed E-state index contributed by atoms with van der Waals surface area (Å²) < 4.78 is 10.9. The summed E-state index contributed by atoms with van der Waals surface area (Å²) in [6.07, 6.45) is 3.42. The van der Waals surface area contributed by atoms with E-state index in [1.807, 2.05) is 35.2 Å². The quantitative estimate of drug-likeness (QED) is 0.888. The third-order valence-electron chi connectivity index (χ3n) is 5.16. The van der Waals surface area contributed by atoms with Crippen molar-refractivity contribution in [1.82, 2.24) is 15.4 Å². The molecule has 2 aliphatic rings. The zero-order valence-corrected chi connectivity index (χ0v) is 15.1. The van der Waals surface area contributed by atoms with Crippen LogP contribution >= 0.6 is 0 Å². The van der Waals surface area contributed by atoms with Gasteiger partial charge >= 0.3 is 0 Å². The van der Waals surface area contributed by atoms with E-state index in [1.165, 1.54) is 0 Å². The predicted molar refractivity (Wildman–Crippen MR) is 97.2 cm³/mol. The van der Waals surface area contributed by atoms with Crippen LogP contribution in [0.2, 0.25) is 0 Å². The van der Waals surface area contributed by atoms with Gasteiger partial charge in [-0.25, -0.2) is 0 Å². The second-order valence-corrected chi connectivity index (χ2v) is 7.06. The fourth-order valence-electron chi connectivity index (χ4n) is 3.75. The molecule has 3 heterocycles. The van der Waals surface area contributed by atoms with Gasteiger partial charge in [-0.1, -0.05) is 35.5 Å². The molecule has 2 atom stereocenters. The number of hydrogen-bond donors (Lipinski definition) is 1. The summed E-state index contributed by atoms with van der Waals surface area (Å²) in [5.74, 6) is 0.112. The van der Waals surface area contributed by atoms with Crippen molar-refractivity contribution in [3.8, 4) is 0 Å². The predicted octanol–water partition coefficient (Wildman–Crippen LogP) is 1.78. The van der Waals surface area contributed by atoms with Crippen LogP contribution < -0.4 is 5.32 Å². The van der Waals surface area contributed by atoms with Gasteiger partial charge in [0.25, 0.3) is 5.91 Å². The highest BCUT2D eigenvalue weighted by Gasteiger charge is 2.35. The minimum atomic E-state index is -0.687. The van der Waals surface area contributed by atoms with E-state index in [1.54, 1.807) is 6.07 Å². The molecule has 1 aromatic heterocycles. The maximum absolute atomic E-state index is 12.8. The van der Waals surface area contributed by atoms with Crippen LogP contribution in [0.5, 0.6) is 0 Å². The molecule has 0 aliphatic carbocycles. The number of ether oxygens (including phenoxy) is 1. The van der Waals surface area contributed by atoms with Gasteiger partial charge in [0.05, 0.1) is 6.61 Å². The minimum Gasteiger partial charge on any atom is -0.379 e. The van der Waals surface area contributed by atoms with E-state index >= 15 is 0 Å². The fraction of sp³-hybridized carbons (Fsp3) is 0.450. The minimum absolute atomic E-state index is 0.0708. The molecule has 2 saturated heterocycles. The number of benzene rings is 1. The highest BCUT2D eigenvalue weighted by Crippen LogP contribution is 2.23. The first-order valence-corrected chi connectivity index (χ1v) is 9.39. The summed E-state index contributed by atoms with van der Waals surface area (Å²) in [5.41, 5.74) is 1.25. The lowest BCUT2D eigenvalue weighted by atomic mass is 10.1. The lowest BCUT2D eigenvalue weighted by Gasteiger charge is -2.31. The highest BCUT2D eigenvalue weighted by atomic mass is 16.5. The van der Waals surface area contributed by atoms with E-state index in [0.29, 0.717) is 18.8 Å². The third kappa shape index (κ3) is 4.03. The number of aromatic nitrogens is 1. The van der Waals surface area contributed by atoms with E-state index in [4.69, 9.17) is 9.26 Å². The van der Waals surface area contributed by atoms with Crippen LogP contribution in [0.3, 0.4) is 0 Å². The first kappa shape index (κ1) is 17.7. The van der Waals surface area contributed by atoms with Crippen molar-refractivity contribution in [2.24, 2.45) is 0 Å². The van der Waals surface area contributed by atoms with Gasteiger partial charge in [0.1, 0.15) is 11.8 Å². The van der Waals surface area contributed by atoms with E-state index in [2.05, 4.69) is 10.5 Å². The van der Waals surface area contributed by atoms with E-state index in [9.17, 15) is 9.59 Å². The summed E-state index contributed by atoms with van der Waals surface area (Å²) >= 11 is 0. The first-order chi connectivity index (χ1) is 13.2. The van der Waals surface area contributed by atoms with Gasteiger partial charge in [-0.3, -0.25) is 9.59 Å². The zero-order valence-electron chi connectivity index (χ0n) is 15.1. The molecular weight excluding hydrogens is 346 g/mol. The number of nitrogens with one attached hydrogen (secondary N) is 1. The van der Waals surface area contributed by atoms with Crippen LogP contribution in [0.1, 0.15) is 41.1 Å². The first-order valence-electron chi connectivity index (χ1n) is 9.39. The number of carbonyl (C=O) groups excluding carboxylic acids is 2. The van der Waals surface area contributed by atoms with Crippen molar-refractivity contribution >= 4 is 11.8 Å². The average molecular weight is 369 g/mol. The molecule has 2 amide bonds. The molecule has 2 aliphatic heterocycles. The molecule has 7 nitrogen and oxygen atoms in total. The fourth-order valence-corrected chi connectivity index (χ4v) is 3.75. The number of fused-ring (bicyclic) bond motifs is 1. The van der Waals surface area contributed by atoms with Crippen molar-refractivity contribution in [2.75, 3.05) is 19.8 Å². The molecule has 7 heteroatoms. The van der Waals surface area contributed by atoms with Crippen LogP contribution in [0, 0.1) is 0 Å². The van der Waals surface area contributed by atoms with Gasteiger partial charge in [0, 0.05) is 31.7 Å². The molecule has 0 bridgehead atoms. The maximum atomic E-state index is 12.8. The highest BCUT2D eigenvalue weighted by molar-refractivity contribution is 5.96. The summed E-state index contributed by atoms with van der Waals surface area (Å²) in [4.78, 5) is 27.2. The maximum Gasteiger partial charge on any atom is 0.274 e. The molecule has 2 fully saturated rings.